The Morgan fingerprint density at radius 3 is 2.44 bits per heavy atom. The lowest BCUT2D eigenvalue weighted by Gasteiger charge is -2.37. The summed E-state index contributed by atoms with van der Waals surface area (Å²) in [6, 6.07) is 26.7. The Morgan fingerprint density at radius 1 is 0.881 bits per heavy atom. The van der Waals surface area contributed by atoms with Gasteiger partial charge in [0.05, 0.1) is 15.4 Å². The Morgan fingerprint density at radius 2 is 1.64 bits per heavy atom. The number of nitro groups is 1. The standard InChI is InChI=1S/C46H51N5O7S/c52-46(48-59(55,56)36-14-16-43(44(28-36)51(53)54)47-29-31-17-23-57-24-18-31)40-15-13-34(27-45(40)58-35-8-2-1-3-9-35)50-21-19-49(20-22-50)30-32-7-4-5-10-37(32)41-25-33-26-42(41)39-12-6-11-38(33)39/h1-5,7-10,13-16,25,27-28,31,33,38-39,42,47H,6,11-12,17-24,26,29-30H2,(H,48,52)/t33-,38?,39?,42+/m0/s1. The number of benzene rings is 4. The quantitative estimate of drug-likeness (QED) is 0.100. The number of fused-ring (bicyclic) bond motifs is 5. The van der Waals surface area contributed by atoms with Gasteiger partial charge in [-0.2, -0.15) is 0 Å². The number of para-hydroxylation sites is 1. The largest absolute Gasteiger partial charge is 0.456 e. The first-order valence-corrected chi connectivity index (χ1v) is 22.5. The smallest absolute Gasteiger partial charge is 0.293 e. The summed E-state index contributed by atoms with van der Waals surface area (Å²) in [6.45, 7) is 5.91. The van der Waals surface area contributed by atoms with Crippen molar-refractivity contribution in [1.29, 1.82) is 0 Å². The van der Waals surface area contributed by atoms with Gasteiger partial charge in [0, 0.05) is 70.3 Å². The molecule has 2 unspecified atom stereocenters. The number of carbonyl (C=O) groups is 1. The number of nitrogens with zero attached hydrogens (tertiary/aromatic N) is 3. The van der Waals surface area contributed by atoms with Crippen LogP contribution in [0.25, 0.3) is 5.57 Å². The van der Waals surface area contributed by atoms with E-state index in [1.165, 1.54) is 48.9 Å². The van der Waals surface area contributed by atoms with Crippen LogP contribution in [0.4, 0.5) is 17.1 Å². The monoisotopic (exact) mass is 817 g/mol. The molecule has 308 valence electrons. The lowest BCUT2D eigenvalue weighted by Crippen LogP contribution is -2.46. The van der Waals surface area contributed by atoms with Crippen LogP contribution in [0.3, 0.4) is 0 Å². The number of carbonyl (C=O) groups excluding carboxylic acids is 1. The number of rotatable bonds is 13. The molecule has 2 saturated heterocycles. The second-order valence-corrected chi connectivity index (χ2v) is 18.4. The Kier molecular flexibility index (Phi) is 11.2. The highest BCUT2D eigenvalue weighted by atomic mass is 32.2. The molecule has 2 aliphatic heterocycles. The second kappa shape index (κ2) is 16.8. The highest BCUT2D eigenvalue weighted by Crippen LogP contribution is 2.60. The third-order valence-electron chi connectivity index (χ3n) is 13.3. The van der Waals surface area contributed by atoms with Crippen molar-refractivity contribution in [3.63, 3.8) is 0 Å². The number of ether oxygens (including phenoxy) is 2. The predicted octanol–water partition coefficient (Wildman–Crippen LogP) is 8.12. The number of nitrogens with one attached hydrogen (secondary N) is 2. The summed E-state index contributed by atoms with van der Waals surface area (Å²) >= 11 is 0. The second-order valence-electron chi connectivity index (χ2n) is 16.7. The summed E-state index contributed by atoms with van der Waals surface area (Å²) in [6.07, 6.45) is 9.78. The molecule has 2 bridgehead atoms. The number of allylic oxidation sites excluding steroid dienone is 2. The van der Waals surface area contributed by atoms with Crippen molar-refractivity contribution in [3.05, 3.63) is 124 Å². The van der Waals surface area contributed by atoms with Crippen LogP contribution < -0.4 is 19.7 Å². The highest BCUT2D eigenvalue weighted by Gasteiger charge is 2.50. The average Bonchev–Trinajstić information content (AvgIpc) is 4.00. The fraction of sp³-hybridized carbons (Fsp3) is 0.413. The van der Waals surface area contributed by atoms with Crippen LogP contribution >= 0.6 is 0 Å². The molecule has 2 heterocycles. The van der Waals surface area contributed by atoms with Crippen molar-refractivity contribution in [2.45, 2.75) is 50.0 Å². The van der Waals surface area contributed by atoms with Gasteiger partial charge in [0.2, 0.25) is 0 Å². The van der Waals surface area contributed by atoms with Crippen molar-refractivity contribution in [2.75, 3.05) is 56.2 Å². The van der Waals surface area contributed by atoms with Gasteiger partial charge in [0.25, 0.3) is 21.6 Å². The first-order valence-electron chi connectivity index (χ1n) is 21.0. The maximum Gasteiger partial charge on any atom is 0.293 e. The van der Waals surface area contributed by atoms with Gasteiger partial charge in [-0.1, -0.05) is 55.0 Å². The predicted molar refractivity (Wildman–Crippen MR) is 227 cm³/mol. The number of piperazine rings is 1. The minimum Gasteiger partial charge on any atom is -0.456 e. The van der Waals surface area contributed by atoms with E-state index in [-0.39, 0.29) is 22.9 Å². The molecule has 2 saturated carbocycles. The summed E-state index contributed by atoms with van der Waals surface area (Å²) in [7, 11) is -4.51. The van der Waals surface area contributed by atoms with Gasteiger partial charge < -0.3 is 19.7 Å². The molecule has 13 heteroatoms. The summed E-state index contributed by atoms with van der Waals surface area (Å²) in [4.78, 5) is 29.6. The Balaban J connectivity index is 0.887. The molecule has 4 atom stereocenters. The van der Waals surface area contributed by atoms with E-state index < -0.39 is 31.4 Å². The van der Waals surface area contributed by atoms with E-state index in [9.17, 15) is 23.3 Å². The van der Waals surface area contributed by atoms with Crippen LogP contribution in [0, 0.1) is 39.7 Å². The molecule has 0 aromatic heterocycles. The topological polar surface area (TPSA) is 143 Å². The van der Waals surface area contributed by atoms with E-state index in [1.54, 1.807) is 29.8 Å². The number of nitro benzene ring substituents is 1. The Labute approximate surface area is 345 Å². The van der Waals surface area contributed by atoms with E-state index in [0.29, 0.717) is 31.4 Å². The minimum absolute atomic E-state index is 0.0134. The summed E-state index contributed by atoms with van der Waals surface area (Å²) in [5, 5.41) is 15.1. The molecule has 4 aromatic carbocycles. The molecule has 0 spiro atoms. The van der Waals surface area contributed by atoms with E-state index in [1.807, 2.05) is 24.3 Å². The maximum atomic E-state index is 13.8. The molecule has 12 nitrogen and oxygen atoms in total. The summed E-state index contributed by atoms with van der Waals surface area (Å²) < 4.78 is 40.9. The number of amides is 1. The van der Waals surface area contributed by atoms with Crippen LogP contribution in [0.5, 0.6) is 11.5 Å². The fourth-order valence-electron chi connectivity index (χ4n) is 10.2. The van der Waals surface area contributed by atoms with Crippen LogP contribution in [0.15, 0.2) is 102 Å². The summed E-state index contributed by atoms with van der Waals surface area (Å²) in [5.41, 5.74) is 5.09. The zero-order valence-electron chi connectivity index (χ0n) is 33.1. The zero-order chi connectivity index (χ0) is 40.5. The van der Waals surface area contributed by atoms with Crippen molar-refractivity contribution < 1.29 is 27.6 Å². The number of anilines is 2. The Hall–Kier alpha value is -5.24. The van der Waals surface area contributed by atoms with Crippen molar-refractivity contribution >= 4 is 38.6 Å². The lowest BCUT2D eigenvalue weighted by molar-refractivity contribution is -0.384. The SMILES string of the molecule is O=C(NS(=O)(=O)c1ccc(NCC2CCOCC2)c([N+](=O)[O-])c1)c1ccc(N2CCN(Cc3ccccc3C3=C[C@H]4C[C@@H]3C3CCCC34)CC2)cc1Oc1ccccc1. The molecule has 2 N–H and O–H groups in total. The minimum atomic E-state index is -4.51. The molecule has 1 amide bonds. The molecular weight excluding hydrogens is 767 g/mol. The molecule has 4 aromatic rings. The number of hydrogen-bond acceptors (Lipinski definition) is 10. The molecule has 3 aliphatic carbocycles. The fourth-order valence-corrected chi connectivity index (χ4v) is 11.2. The van der Waals surface area contributed by atoms with Gasteiger partial charge in [-0.05, 0) is 115 Å². The van der Waals surface area contributed by atoms with Gasteiger partial charge in [0.1, 0.15) is 17.2 Å². The van der Waals surface area contributed by atoms with E-state index in [2.05, 4.69) is 50.2 Å². The van der Waals surface area contributed by atoms with E-state index in [0.717, 1.165) is 75.1 Å². The third kappa shape index (κ3) is 8.33. The third-order valence-corrected chi connectivity index (χ3v) is 14.6. The number of hydrogen-bond donors (Lipinski definition) is 2. The van der Waals surface area contributed by atoms with E-state index >= 15 is 0 Å². The van der Waals surface area contributed by atoms with Gasteiger partial charge >= 0.3 is 0 Å². The molecule has 0 radical (unpaired) electrons. The zero-order valence-corrected chi connectivity index (χ0v) is 33.9. The average molecular weight is 818 g/mol. The molecule has 59 heavy (non-hydrogen) atoms. The molecule has 5 aliphatic rings. The molecule has 9 rings (SSSR count). The highest BCUT2D eigenvalue weighted by molar-refractivity contribution is 7.90. The van der Waals surface area contributed by atoms with Crippen molar-refractivity contribution in [3.8, 4) is 11.5 Å². The van der Waals surface area contributed by atoms with Gasteiger partial charge in [-0.25, -0.2) is 13.1 Å². The van der Waals surface area contributed by atoms with Crippen molar-refractivity contribution in [2.24, 2.45) is 29.6 Å². The molecular formula is C46H51N5O7S. The number of sulfonamides is 1. The van der Waals surface area contributed by atoms with E-state index in [4.69, 9.17) is 9.47 Å². The van der Waals surface area contributed by atoms with Crippen LogP contribution in [-0.2, 0) is 21.3 Å². The first-order chi connectivity index (χ1) is 28.7. The van der Waals surface area contributed by atoms with Gasteiger partial charge in [-0.15, -0.1) is 0 Å². The lowest BCUT2D eigenvalue weighted by atomic mass is 9.78. The van der Waals surface area contributed by atoms with Gasteiger partial charge in [-0.3, -0.25) is 19.8 Å². The normalized spacial score (nSPS) is 23.1. The van der Waals surface area contributed by atoms with Crippen LogP contribution in [0.2, 0.25) is 0 Å². The first kappa shape index (κ1) is 39.2. The van der Waals surface area contributed by atoms with Crippen molar-refractivity contribution in [1.82, 2.24) is 9.62 Å². The summed E-state index contributed by atoms with van der Waals surface area (Å²) in [5.74, 6) is 3.30. The molecule has 4 fully saturated rings. The Bertz CT molecular complexity index is 2340. The maximum absolute atomic E-state index is 13.8. The van der Waals surface area contributed by atoms with Gasteiger partial charge in [0.15, 0.2) is 0 Å². The van der Waals surface area contributed by atoms with Crippen LogP contribution in [0.1, 0.15) is 60.0 Å². The van der Waals surface area contributed by atoms with Crippen LogP contribution in [-0.4, -0.2) is 70.1 Å².